The molecule has 0 spiro atoms. The number of carbonyl (C=O) groups is 1. The number of aromatic nitrogens is 3. The van der Waals surface area contributed by atoms with E-state index < -0.39 is 0 Å². The van der Waals surface area contributed by atoms with Crippen molar-refractivity contribution < 1.29 is 4.79 Å². The number of aromatic amines is 1. The first kappa shape index (κ1) is 13.1. The van der Waals surface area contributed by atoms with Crippen molar-refractivity contribution in [1.29, 1.82) is 0 Å². The molecule has 100 valence electrons. The molecule has 2 rings (SSSR count). The van der Waals surface area contributed by atoms with Crippen LogP contribution in [-0.2, 0) is 13.0 Å². The smallest absolute Gasteiger partial charge is 0.276 e. The van der Waals surface area contributed by atoms with Crippen LogP contribution in [0, 0.1) is 0 Å². The molecule has 2 aromatic rings. The normalized spacial score (nSPS) is 10.4. The fourth-order valence-corrected chi connectivity index (χ4v) is 1.83. The van der Waals surface area contributed by atoms with Gasteiger partial charge in [-0.05, 0) is 24.1 Å². The standard InChI is InChI=1S/C13H17N5O/c1-3-10-11(14)12(17-16-10)13(19)18(2)8-9-4-6-15-7-5-9/h4-7H,3,8,14H2,1-2H3,(H,16,17). The first-order chi connectivity index (χ1) is 9.13. The zero-order valence-electron chi connectivity index (χ0n) is 11.1. The van der Waals surface area contributed by atoms with Gasteiger partial charge in [0.1, 0.15) is 0 Å². The van der Waals surface area contributed by atoms with Gasteiger partial charge in [0.05, 0.1) is 11.4 Å². The Labute approximate surface area is 111 Å². The second-order valence-electron chi connectivity index (χ2n) is 4.33. The van der Waals surface area contributed by atoms with Gasteiger partial charge in [-0.3, -0.25) is 14.9 Å². The maximum absolute atomic E-state index is 12.2. The van der Waals surface area contributed by atoms with Gasteiger partial charge in [-0.25, -0.2) is 0 Å². The molecule has 3 N–H and O–H groups in total. The van der Waals surface area contributed by atoms with E-state index in [2.05, 4.69) is 15.2 Å². The molecule has 0 saturated heterocycles. The summed E-state index contributed by atoms with van der Waals surface area (Å²) in [6, 6.07) is 3.74. The minimum Gasteiger partial charge on any atom is -0.395 e. The van der Waals surface area contributed by atoms with E-state index in [1.54, 1.807) is 24.3 Å². The second-order valence-corrected chi connectivity index (χ2v) is 4.33. The summed E-state index contributed by atoms with van der Waals surface area (Å²) < 4.78 is 0. The summed E-state index contributed by atoms with van der Waals surface area (Å²) in [6.45, 7) is 2.45. The summed E-state index contributed by atoms with van der Waals surface area (Å²) >= 11 is 0. The predicted molar refractivity (Wildman–Crippen MR) is 72.4 cm³/mol. The van der Waals surface area contributed by atoms with Crippen LogP contribution in [0.15, 0.2) is 24.5 Å². The lowest BCUT2D eigenvalue weighted by atomic mass is 10.2. The Kier molecular flexibility index (Phi) is 3.79. The highest BCUT2D eigenvalue weighted by Gasteiger charge is 2.20. The summed E-state index contributed by atoms with van der Waals surface area (Å²) in [5.41, 5.74) is 8.42. The number of nitrogens with two attached hydrogens (primary N) is 1. The molecule has 0 bridgehead atoms. The first-order valence-corrected chi connectivity index (χ1v) is 6.10. The number of nitrogen functional groups attached to an aromatic ring is 1. The number of pyridine rings is 1. The van der Waals surface area contributed by atoms with Crippen LogP contribution < -0.4 is 5.73 Å². The number of hydrogen-bond donors (Lipinski definition) is 2. The SMILES string of the molecule is CCc1[nH]nc(C(=O)N(C)Cc2ccncc2)c1N. The molecule has 0 atom stereocenters. The number of nitrogens with zero attached hydrogens (tertiary/aromatic N) is 3. The summed E-state index contributed by atoms with van der Waals surface area (Å²) in [5, 5.41) is 6.79. The van der Waals surface area contributed by atoms with Gasteiger partial charge in [-0.1, -0.05) is 6.92 Å². The average Bonchev–Trinajstić information content (AvgIpc) is 2.80. The molecular formula is C13H17N5O. The van der Waals surface area contributed by atoms with Crippen LogP contribution in [0.4, 0.5) is 5.69 Å². The third kappa shape index (κ3) is 2.73. The van der Waals surface area contributed by atoms with Crippen molar-refractivity contribution in [3.63, 3.8) is 0 Å². The van der Waals surface area contributed by atoms with Crippen molar-refractivity contribution in [2.45, 2.75) is 19.9 Å². The molecule has 2 heterocycles. The molecule has 0 saturated carbocycles. The molecule has 0 fully saturated rings. The number of carbonyl (C=O) groups excluding carboxylic acids is 1. The largest absolute Gasteiger partial charge is 0.395 e. The van der Waals surface area contributed by atoms with Gasteiger partial charge in [-0.15, -0.1) is 0 Å². The molecule has 0 radical (unpaired) electrons. The summed E-state index contributed by atoms with van der Waals surface area (Å²) in [5.74, 6) is -0.190. The van der Waals surface area contributed by atoms with E-state index in [0.29, 0.717) is 12.2 Å². The lowest BCUT2D eigenvalue weighted by Crippen LogP contribution is -2.27. The van der Waals surface area contributed by atoms with Gasteiger partial charge in [0.25, 0.3) is 5.91 Å². The summed E-state index contributed by atoms with van der Waals surface area (Å²) in [7, 11) is 1.72. The van der Waals surface area contributed by atoms with E-state index in [4.69, 9.17) is 5.73 Å². The maximum atomic E-state index is 12.2. The second kappa shape index (κ2) is 5.51. The van der Waals surface area contributed by atoms with Gasteiger partial charge in [-0.2, -0.15) is 5.10 Å². The Balaban J connectivity index is 2.13. The molecule has 0 aliphatic heterocycles. The molecular weight excluding hydrogens is 242 g/mol. The minimum atomic E-state index is -0.190. The minimum absolute atomic E-state index is 0.190. The molecule has 0 aromatic carbocycles. The molecule has 19 heavy (non-hydrogen) atoms. The van der Waals surface area contributed by atoms with E-state index in [1.807, 2.05) is 19.1 Å². The van der Waals surface area contributed by atoms with Crippen LogP contribution in [-0.4, -0.2) is 33.0 Å². The average molecular weight is 259 g/mol. The van der Waals surface area contributed by atoms with E-state index in [9.17, 15) is 4.79 Å². The Bertz CT molecular complexity index is 564. The molecule has 1 amide bonds. The van der Waals surface area contributed by atoms with E-state index in [1.165, 1.54) is 0 Å². The molecule has 0 aliphatic carbocycles. The monoisotopic (exact) mass is 259 g/mol. The van der Waals surface area contributed by atoms with Crippen LogP contribution >= 0.6 is 0 Å². The third-order valence-electron chi connectivity index (χ3n) is 2.95. The summed E-state index contributed by atoms with van der Waals surface area (Å²) in [6.07, 6.45) is 4.12. The Morgan fingerprint density at radius 2 is 2.11 bits per heavy atom. The highest BCUT2D eigenvalue weighted by Crippen LogP contribution is 2.16. The predicted octanol–water partition coefficient (Wildman–Crippen LogP) is 1.22. The zero-order valence-corrected chi connectivity index (χ0v) is 11.1. The maximum Gasteiger partial charge on any atom is 0.276 e. The number of nitrogens with one attached hydrogen (secondary N) is 1. The topological polar surface area (TPSA) is 87.9 Å². The van der Waals surface area contributed by atoms with E-state index in [0.717, 1.165) is 17.7 Å². The van der Waals surface area contributed by atoms with Gasteiger partial charge < -0.3 is 10.6 Å². The zero-order chi connectivity index (χ0) is 13.8. The van der Waals surface area contributed by atoms with Crippen molar-refractivity contribution in [2.75, 3.05) is 12.8 Å². The fourth-order valence-electron chi connectivity index (χ4n) is 1.83. The van der Waals surface area contributed by atoms with Crippen LogP contribution in [0.25, 0.3) is 0 Å². The Hall–Kier alpha value is -2.37. The van der Waals surface area contributed by atoms with E-state index in [-0.39, 0.29) is 11.6 Å². The summed E-state index contributed by atoms with van der Waals surface area (Å²) in [4.78, 5) is 17.8. The van der Waals surface area contributed by atoms with Crippen molar-refractivity contribution in [1.82, 2.24) is 20.1 Å². The van der Waals surface area contributed by atoms with Crippen molar-refractivity contribution >= 4 is 11.6 Å². The number of hydrogen-bond acceptors (Lipinski definition) is 4. The quantitative estimate of drug-likeness (QED) is 0.864. The first-order valence-electron chi connectivity index (χ1n) is 6.10. The Morgan fingerprint density at radius 3 is 2.68 bits per heavy atom. The van der Waals surface area contributed by atoms with Crippen LogP contribution in [0.3, 0.4) is 0 Å². The van der Waals surface area contributed by atoms with Crippen molar-refractivity contribution in [3.8, 4) is 0 Å². The number of rotatable bonds is 4. The van der Waals surface area contributed by atoms with Gasteiger partial charge in [0.15, 0.2) is 5.69 Å². The molecule has 2 aromatic heterocycles. The molecule has 6 heteroatoms. The molecule has 0 aliphatic rings. The van der Waals surface area contributed by atoms with Crippen molar-refractivity contribution in [3.05, 3.63) is 41.5 Å². The number of amides is 1. The van der Waals surface area contributed by atoms with Gasteiger partial charge >= 0.3 is 0 Å². The third-order valence-corrected chi connectivity index (χ3v) is 2.95. The van der Waals surface area contributed by atoms with Crippen LogP contribution in [0.5, 0.6) is 0 Å². The van der Waals surface area contributed by atoms with Crippen LogP contribution in [0.2, 0.25) is 0 Å². The molecule has 6 nitrogen and oxygen atoms in total. The van der Waals surface area contributed by atoms with Crippen LogP contribution in [0.1, 0.15) is 28.7 Å². The Morgan fingerprint density at radius 1 is 1.42 bits per heavy atom. The highest BCUT2D eigenvalue weighted by molar-refractivity contribution is 5.97. The fraction of sp³-hybridized carbons (Fsp3) is 0.308. The van der Waals surface area contributed by atoms with Gasteiger partial charge in [0, 0.05) is 26.0 Å². The van der Waals surface area contributed by atoms with Crippen molar-refractivity contribution in [2.24, 2.45) is 0 Å². The lowest BCUT2D eigenvalue weighted by molar-refractivity contribution is 0.0780. The number of H-pyrrole nitrogens is 1. The molecule has 0 unspecified atom stereocenters. The van der Waals surface area contributed by atoms with Gasteiger partial charge in [0.2, 0.25) is 0 Å². The number of anilines is 1. The number of aryl methyl sites for hydroxylation is 1. The lowest BCUT2D eigenvalue weighted by Gasteiger charge is -2.16. The van der Waals surface area contributed by atoms with E-state index >= 15 is 0 Å². The highest BCUT2D eigenvalue weighted by atomic mass is 16.2.